The van der Waals surface area contributed by atoms with Crippen LogP contribution < -0.4 is 10.3 Å². The normalized spacial score (nSPS) is 17.1. The second-order valence-electron chi connectivity index (χ2n) is 5.32. The van der Waals surface area contributed by atoms with Crippen molar-refractivity contribution in [2.75, 3.05) is 0 Å². The smallest absolute Gasteiger partial charge is 0.312 e. The number of fused-ring (bicyclic) bond motifs is 1. The van der Waals surface area contributed by atoms with Gasteiger partial charge in [-0.25, -0.2) is 0 Å². The standard InChI is InChI=1S/C16H13Cl2NO3/c1-8-5-13-15(16(21)19(8)2)11(7-14(20)22-13)10-4-3-9(17)6-12(10)18/h3-6,11H,7H2,1-2H3/t11-/m1/s1. The van der Waals surface area contributed by atoms with E-state index in [9.17, 15) is 9.59 Å². The van der Waals surface area contributed by atoms with Crippen molar-refractivity contribution in [3.8, 4) is 5.75 Å². The first-order valence-electron chi connectivity index (χ1n) is 6.74. The number of hydrogen-bond donors (Lipinski definition) is 0. The number of esters is 1. The predicted octanol–water partition coefficient (Wildman–Crippen LogP) is 3.44. The van der Waals surface area contributed by atoms with Crippen molar-refractivity contribution in [3.05, 3.63) is 61.5 Å². The second-order valence-corrected chi connectivity index (χ2v) is 6.17. The summed E-state index contributed by atoms with van der Waals surface area (Å²) in [6, 6.07) is 6.75. The van der Waals surface area contributed by atoms with Gasteiger partial charge in [-0.15, -0.1) is 0 Å². The van der Waals surface area contributed by atoms with Gasteiger partial charge in [0, 0.05) is 34.8 Å². The number of aromatic nitrogens is 1. The molecule has 0 spiro atoms. The number of rotatable bonds is 1. The van der Waals surface area contributed by atoms with E-state index >= 15 is 0 Å². The first-order valence-corrected chi connectivity index (χ1v) is 7.50. The topological polar surface area (TPSA) is 48.3 Å². The van der Waals surface area contributed by atoms with Crippen molar-refractivity contribution in [2.24, 2.45) is 7.05 Å². The van der Waals surface area contributed by atoms with Gasteiger partial charge in [0.2, 0.25) is 0 Å². The van der Waals surface area contributed by atoms with E-state index in [0.717, 1.165) is 5.69 Å². The minimum Gasteiger partial charge on any atom is -0.426 e. The van der Waals surface area contributed by atoms with E-state index in [-0.39, 0.29) is 17.9 Å². The molecule has 6 heteroatoms. The van der Waals surface area contributed by atoms with E-state index < -0.39 is 5.92 Å². The van der Waals surface area contributed by atoms with E-state index in [1.54, 1.807) is 38.2 Å². The number of nitrogens with zero attached hydrogens (tertiary/aromatic N) is 1. The monoisotopic (exact) mass is 337 g/mol. The van der Waals surface area contributed by atoms with Gasteiger partial charge in [-0.2, -0.15) is 0 Å². The molecule has 1 aromatic carbocycles. The van der Waals surface area contributed by atoms with Gasteiger partial charge in [0.05, 0.1) is 12.0 Å². The molecule has 22 heavy (non-hydrogen) atoms. The fourth-order valence-corrected chi connectivity index (χ4v) is 3.24. The lowest BCUT2D eigenvalue weighted by Gasteiger charge is -2.26. The Morgan fingerprint density at radius 1 is 1.23 bits per heavy atom. The maximum Gasteiger partial charge on any atom is 0.312 e. The average molecular weight is 338 g/mol. The van der Waals surface area contributed by atoms with Gasteiger partial charge in [0.1, 0.15) is 5.75 Å². The van der Waals surface area contributed by atoms with Gasteiger partial charge in [-0.1, -0.05) is 29.3 Å². The molecule has 1 aliphatic rings. The summed E-state index contributed by atoms with van der Waals surface area (Å²) in [6.07, 6.45) is 0.0760. The van der Waals surface area contributed by atoms with Gasteiger partial charge >= 0.3 is 5.97 Å². The minimum atomic E-state index is -0.430. The van der Waals surface area contributed by atoms with Crippen LogP contribution in [0.1, 0.15) is 29.2 Å². The second kappa shape index (κ2) is 5.45. The molecule has 2 heterocycles. The molecule has 0 saturated heterocycles. The Kier molecular flexibility index (Phi) is 3.75. The van der Waals surface area contributed by atoms with Crippen LogP contribution in [0, 0.1) is 6.92 Å². The lowest BCUT2D eigenvalue weighted by atomic mass is 9.87. The van der Waals surface area contributed by atoms with Gasteiger partial charge in [-0.05, 0) is 24.6 Å². The van der Waals surface area contributed by atoms with E-state index in [0.29, 0.717) is 26.9 Å². The molecule has 1 aliphatic heterocycles. The molecule has 0 aliphatic carbocycles. The van der Waals surface area contributed by atoms with Gasteiger partial charge < -0.3 is 9.30 Å². The number of pyridine rings is 1. The molecule has 0 radical (unpaired) electrons. The van der Waals surface area contributed by atoms with E-state index in [4.69, 9.17) is 27.9 Å². The Bertz CT molecular complexity index is 842. The van der Waals surface area contributed by atoms with Crippen LogP contribution in [0.15, 0.2) is 29.1 Å². The summed E-state index contributed by atoms with van der Waals surface area (Å²) in [5, 5.41) is 0.935. The molecule has 2 aromatic rings. The summed E-state index contributed by atoms with van der Waals surface area (Å²) >= 11 is 12.2. The molecule has 0 saturated carbocycles. The van der Waals surface area contributed by atoms with Crippen molar-refractivity contribution in [1.29, 1.82) is 0 Å². The zero-order valence-electron chi connectivity index (χ0n) is 12.0. The average Bonchev–Trinajstić information content (AvgIpc) is 2.44. The summed E-state index contributed by atoms with van der Waals surface area (Å²) in [5.74, 6) is -0.496. The fraction of sp³-hybridized carbons (Fsp3) is 0.250. The highest BCUT2D eigenvalue weighted by molar-refractivity contribution is 6.35. The zero-order chi connectivity index (χ0) is 16.0. The molecular formula is C16H13Cl2NO3. The number of aryl methyl sites for hydroxylation is 1. The lowest BCUT2D eigenvalue weighted by molar-refractivity contribution is -0.135. The minimum absolute atomic E-state index is 0.0760. The molecule has 0 fully saturated rings. The summed E-state index contributed by atoms with van der Waals surface area (Å²) in [7, 11) is 1.69. The molecule has 0 bridgehead atoms. The molecule has 3 rings (SSSR count). The summed E-state index contributed by atoms with van der Waals surface area (Å²) in [5.41, 5.74) is 1.69. The van der Waals surface area contributed by atoms with Crippen molar-refractivity contribution >= 4 is 29.2 Å². The van der Waals surface area contributed by atoms with Gasteiger partial charge in [-0.3, -0.25) is 9.59 Å². The largest absolute Gasteiger partial charge is 0.426 e. The molecule has 0 N–H and O–H groups in total. The Labute approximate surface area is 137 Å². The van der Waals surface area contributed by atoms with Crippen molar-refractivity contribution < 1.29 is 9.53 Å². The third kappa shape index (κ3) is 2.42. The maximum atomic E-state index is 12.6. The van der Waals surface area contributed by atoms with Crippen molar-refractivity contribution in [1.82, 2.24) is 4.57 Å². The Morgan fingerprint density at radius 3 is 2.64 bits per heavy atom. The Morgan fingerprint density at radius 2 is 1.95 bits per heavy atom. The Balaban J connectivity index is 2.26. The van der Waals surface area contributed by atoms with Crippen molar-refractivity contribution in [2.45, 2.75) is 19.3 Å². The number of hydrogen-bond acceptors (Lipinski definition) is 3. The molecule has 4 nitrogen and oxygen atoms in total. The molecule has 1 atom stereocenters. The van der Waals surface area contributed by atoms with Crippen LogP contribution in [0.4, 0.5) is 0 Å². The quantitative estimate of drug-likeness (QED) is 0.749. The first kappa shape index (κ1) is 15.1. The van der Waals surface area contributed by atoms with E-state index in [1.807, 2.05) is 0 Å². The molecule has 114 valence electrons. The molecular weight excluding hydrogens is 325 g/mol. The van der Waals surface area contributed by atoms with Crippen LogP contribution in [-0.2, 0) is 11.8 Å². The predicted molar refractivity (Wildman–Crippen MR) is 85.0 cm³/mol. The summed E-state index contributed by atoms with van der Waals surface area (Å²) in [6.45, 7) is 1.79. The zero-order valence-corrected chi connectivity index (χ0v) is 13.5. The third-order valence-corrected chi connectivity index (χ3v) is 4.51. The number of benzene rings is 1. The third-order valence-electron chi connectivity index (χ3n) is 3.95. The lowest BCUT2D eigenvalue weighted by Crippen LogP contribution is -2.32. The molecule has 0 amide bonds. The number of carbonyl (C=O) groups excluding carboxylic acids is 1. The molecule has 1 aromatic heterocycles. The van der Waals surface area contributed by atoms with Crippen molar-refractivity contribution in [3.63, 3.8) is 0 Å². The van der Waals surface area contributed by atoms with Crippen LogP contribution in [-0.4, -0.2) is 10.5 Å². The summed E-state index contributed by atoms with van der Waals surface area (Å²) < 4.78 is 6.78. The van der Waals surface area contributed by atoms with Crippen LogP contribution in [0.3, 0.4) is 0 Å². The van der Waals surface area contributed by atoms with Gasteiger partial charge in [0.15, 0.2) is 0 Å². The van der Waals surface area contributed by atoms with Crippen LogP contribution in [0.25, 0.3) is 0 Å². The highest BCUT2D eigenvalue weighted by Gasteiger charge is 2.33. The SMILES string of the molecule is Cc1cc2c(c(=O)n1C)[C@@H](c1ccc(Cl)cc1Cl)CC(=O)O2. The highest BCUT2D eigenvalue weighted by Crippen LogP contribution is 2.40. The number of carbonyl (C=O) groups is 1. The fourth-order valence-electron chi connectivity index (χ4n) is 2.70. The first-order chi connectivity index (χ1) is 10.4. The Hall–Kier alpha value is -1.78. The molecule has 0 unspecified atom stereocenters. The maximum absolute atomic E-state index is 12.6. The number of ether oxygens (including phenoxy) is 1. The number of halogens is 2. The van der Waals surface area contributed by atoms with Crippen LogP contribution in [0.2, 0.25) is 10.0 Å². The van der Waals surface area contributed by atoms with E-state index in [2.05, 4.69) is 0 Å². The van der Waals surface area contributed by atoms with Crippen LogP contribution >= 0.6 is 23.2 Å². The van der Waals surface area contributed by atoms with Crippen LogP contribution in [0.5, 0.6) is 5.75 Å². The van der Waals surface area contributed by atoms with E-state index in [1.165, 1.54) is 4.57 Å². The highest BCUT2D eigenvalue weighted by atomic mass is 35.5. The van der Waals surface area contributed by atoms with Gasteiger partial charge in [0.25, 0.3) is 5.56 Å². The summed E-state index contributed by atoms with van der Waals surface area (Å²) in [4.78, 5) is 24.5.